The zero-order valence-corrected chi connectivity index (χ0v) is 15.6. The molecule has 1 nitrogen and oxygen atoms in total. The number of allylic oxidation sites excluding steroid dienone is 9. The number of hydrogen-bond acceptors (Lipinski definition) is 1. The second kappa shape index (κ2) is 9.68. The summed E-state index contributed by atoms with van der Waals surface area (Å²) >= 11 is 0. The highest BCUT2D eigenvalue weighted by Crippen LogP contribution is 2.29. The Kier molecular flexibility index (Phi) is 7.28. The van der Waals surface area contributed by atoms with E-state index >= 15 is 0 Å². The molecule has 25 heavy (non-hydrogen) atoms. The van der Waals surface area contributed by atoms with Crippen LogP contribution in [0.4, 0.5) is 0 Å². The lowest BCUT2D eigenvalue weighted by Gasteiger charge is -2.16. The van der Waals surface area contributed by atoms with E-state index in [1.165, 1.54) is 22.3 Å². The fourth-order valence-corrected chi connectivity index (χ4v) is 2.88. The van der Waals surface area contributed by atoms with Gasteiger partial charge >= 0.3 is 0 Å². The third-order valence-corrected chi connectivity index (χ3v) is 4.34. The first-order chi connectivity index (χ1) is 12.2. The molecule has 1 heteroatoms. The Labute approximate surface area is 152 Å². The SMILES string of the molecule is C=C/C=C\C(=C/C)C1=C(C)CCC/C(C)=C/OC(c2ccccc2)=C1. The molecule has 0 saturated heterocycles. The molecule has 0 amide bonds. The second-order valence-corrected chi connectivity index (χ2v) is 6.34. The van der Waals surface area contributed by atoms with E-state index in [2.05, 4.69) is 57.7 Å². The van der Waals surface area contributed by atoms with Gasteiger partial charge in [-0.05, 0) is 62.8 Å². The first-order valence-electron chi connectivity index (χ1n) is 8.90. The van der Waals surface area contributed by atoms with E-state index in [1.54, 1.807) is 0 Å². The van der Waals surface area contributed by atoms with Crippen LogP contribution >= 0.6 is 0 Å². The lowest BCUT2D eigenvalue weighted by molar-refractivity contribution is 0.428. The summed E-state index contributed by atoms with van der Waals surface area (Å²) in [6.45, 7) is 10.2. The third kappa shape index (κ3) is 5.49. The lowest BCUT2D eigenvalue weighted by Crippen LogP contribution is -1.97. The quantitative estimate of drug-likeness (QED) is 0.532. The Balaban J connectivity index is 2.58. The summed E-state index contributed by atoms with van der Waals surface area (Å²) < 4.78 is 6.09. The Morgan fingerprint density at radius 1 is 1.12 bits per heavy atom. The van der Waals surface area contributed by atoms with E-state index in [0.717, 1.165) is 30.6 Å². The summed E-state index contributed by atoms with van der Waals surface area (Å²) in [6, 6.07) is 10.3. The third-order valence-electron chi connectivity index (χ3n) is 4.34. The molecule has 0 atom stereocenters. The summed E-state index contributed by atoms with van der Waals surface area (Å²) in [4.78, 5) is 0. The van der Waals surface area contributed by atoms with Crippen LogP contribution in [0, 0.1) is 0 Å². The summed E-state index contributed by atoms with van der Waals surface area (Å²) in [7, 11) is 0. The van der Waals surface area contributed by atoms with Gasteiger partial charge in [0, 0.05) is 5.56 Å². The normalized spacial score (nSPS) is 19.1. The predicted octanol–water partition coefficient (Wildman–Crippen LogP) is 7.14. The van der Waals surface area contributed by atoms with Gasteiger partial charge in [-0.2, -0.15) is 0 Å². The van der Waals surface area contributed by atoms with Gasteiger partial charge in [0.05, 0.1) is 6.26 Å². The number of hydrogen-bond donors (Lipinski definition) is 0. The molecule has 0 spiro atoms. The van der Waals surface area contributed by atoms with Crippen LogP contribution in [0.3, 0.4) is 0 Å². The zero-order chi connectivity index (χ0) is 18.1. The van der Waals surface area contributed by atoms with Gasteiger partial charge in [-0.1, -0.05) is 66.8 Å². The van der Waals surface area contributed by atoms with Gasteiger partial charge in [0.2, 0.25) is 0 Å². The molecule has 0 saturated carbocycles. The highest BCUT2D eigenvalue weighted by molar-refractivity contribution is 5.67. The van der Waals surface area contributed by atoms with Gasteiger partial charge in [0.1, 0.15) is 5.76 Å². The summed E-state index contributed by atoms with van der Waals surface area (Å²) in [5.74, 6) is 0.877. The molecule has 0 bridgehead atoms. The van der Waals surface area contributed by atoms with Crippen molar-refractivity contribution in [3.63, 3.8) is 0 Å². The van der Waals surface area contributed by atoms with Crippen molar-refractivity contribution in [3.8, 4) is 0 Å². The minimum absolute atomic E-state index is 0.877. The summed E-state index contributed by atoms with van der Waals surface area (Å²) in [5, 5.41) is 0. The van der Waals surface area contributed by atoms with Crippen LogP contribution < -0.4 is 0 Å². The van der Waals surface area contributed by atoms with Crippen LogP contribution in [-0.2, 0) is 4.74 Å². The summed E-state index contributed by atoms with van der Waals surface area (Å²) in [6.07, 6.45) is 15.4. The Hall–Kier alpha value is -2.54. The fraction of sp³-hybridized carbons (Fsp3) is 0.250. The van der Waals surface area contributed by atoms with Crippen molar-refractivity contribution in [2.45, 2.75) is 40.0 Å². The molecule has 130 valence electrons. The minimum atomic E-state index is 0.877. The average molecular weight is 332 g/mol. The van der Waals surface area contributed by atoms with Crippen LogP contribution in [0.15, 0.2) is 95.8 Å². The van der Waals surface area contributed by atoms with E-state index in [-0.39, 0.29) is 0 Å². The molecule has 2 rings (SSSR count). The molecule has 0 N–H and O–H groups in total. The van der Waals surface area contributed by atoms with Crippen molar-refractivity contribution in [1.29, 1.82) is 0 Å². The predicted molar refractivity (Wildman–Crippen MR) is 109 cm³/mol. The van der Waals surface area contributed by atoms with Gasteiger partial charge in [0.15, 0.2) is 0 Å². The van der Waals surface area contributed by atoms with Gasteiger partial charge in [-0.25, -0.2) is 0 Å². The van der Waals surface area contributed by atoms with Gasteiger partial charge < -0.3 is 4.74 Å². The van der Waals surface area contributed by atoms with Crippen molar-refractivity contribution in [3.05, 3.63) is 101 Å². The van der Waals surface area contributed by atoms with Crippen molar-refractivity contribution < 1.29 is 4.74 Å². The highest BCUT2D eigenvalue weighted by atomic mass is 16.5. The summed E-state index contributed by atoms with van der Waals surface area (Å²) in [5.41, 5.74) is 6.16. The van der Waals surface area contributed by atoms with E-state index < -0.39 is 0 Å². The van der Waals surface area contributed by atoms with Gasteiger partial charge in [0.25, 0.3) is 0 Å². The van der Waals surface area contributed by atoms with E-state index in [4.69, 9.17) is 4.74 Å². The van der Waals surface area contributed by atoms with Crippen LogP contribution in [0.5, 0.6) is 0 Å². The van der Waals surface area contributed by atoms with Crippen molar-refractivity contribution >= 4 is 5.76 Å². The minimum Gasteiger partial charge on any atom is -0.464 e. The van der Waals surface area contributed by atoms with Crippen LogP contribution in [-0.4, -0.2) is 0 Å². The van der Waals surface area contributed by atoms with Crippen LogP contribution in [0.25, 0.3) is 5.76 Å². The Morgan fingerprint density at radius 3 is 2.56 bits per heavy atom. The van der Waals surface area contributed by atoms with Crippen LogP contribution in [0.2, 0.25) is 0 Å². The Morgan fingerprint density at radius 2 is 1.88 bits per heavy atom. The van der Waals surface area contributed by atoms with E-state index in [1.807, 2.05) is 36.6 Å². The molecule has 1 aromatic carbocycles. The van der Waals surface area contributed by atoms with Crippen molar-refractivity contribution in [2.24, 2.45) is 0 Å². The zero-order valence-electron chi connectivity index (χ0n) is 15.6. The molecular formula is C24H28O. The molecular weight excluding hydrogens is 304 g/mol. The van der Waals surface area contributed by atoms with E-state index in [9.17, 15) is 0 Å². The van der Waals surface area contributed by atoms with Gasteiger partial charge in [-0.3, -0.25) is 0 Å². The first-order valence-corrected chi connectivity index (χ1v) is 8.90. The molecule has 0 unspecified atom stereocenters. The monoisotopic (exact) mass is 332 g/mol. The van der Waals surface area contributed by atoms with Crippen molar-refractivity contribution in [2.75, 3.05) is 0 Å². The van der Waals surface area contributed by atoms with Crippen LogP contribution in [0.1, 0.15) is 45.6 Å². The number of benzene rings is 1. The first kappa shape index (κ1) is 18.8. The number of ether oxygens (including phenoxy) is 1. The molecule has 1 aromatic rings. The smallest absolute Gasteiger partial charge is 0.134 e. The Bertz CT molecular complexity index is 740. The number of rotatable bonds is 4. The molecule has 1 aliphatic heterocycles. The standard InChI is InChI=1S/C24H28O/c1-5-7-14-21(6-2)23-17-24(22-15-9-8-10-16-22)25-18-19(3)12-11-13-20(23)4/h5-10,14-18H,1,11-13H2,2-4H3/b14-7-,19-18+,21-6+,23-20?,24-17?. The molecule has 0 radical (unpaired) electrons. The fourth-order valence-electron chi connectivity index (χ4n) is 2.88. The largest absolute Gasteiger partial charge is 0.464 e. The molecule has 1 heterocycles. The molecule has 0 fully saturated rings. The van der Waals surface area contributed by atoms with Crippen molar-refractivity contribution in [1.82, 2.24) is 0 Å². The maximum atomic E-state index is 6.09. The van der Waals surface area contributed by atoms with E-state index in [0.29, 0.717) is 0 Å². The lowest BCUT2D eigenvalue weighted by atomic mass is 9.94. The maximum absolute atomic E-state index is 6.09. The van der Waals surface area contributed by atoms with Gasteiger partial charge in [-0.15, -0.1) is 0 Å². The molecule has 1 aliphatic rings. The average Bonchev–Trinajstić information content (AvgIpc) is 2.64. The maximum Gasteiger partial charge on any atom is 0.134 e. The highest BCUT2D eigenvalue weighted by Gasteiger charge is 2.10. The molecule has 0 aromatic heterocycles. The molecule has 0 aliphatic carbocycles. The second-order valence-electron chi connectivity index (χ2n) is 6.34. The topological polar surface area (TPSA) is 9.23 Å².